The van der Waals surface area contributed by atoms with Crippen molar-refractivity contribution in [2.45, 2.75) is 0 Å². The first-order valence-electron chi connectivity index (χ1n) is 11.0. The number of thiophene rings is 1. The fourth-order valence-corrected chi connectivity index (χ4v) is 4.98. The lowest BCUT2D eigenvalue weighted by molar-refractivity contribution is -0.111. The molecule has 2 aromatic heterocycles. The summed E-state index contributed by atoms with van der Waals surface area (Å²) in [5.41, 5.74) is 4.21. The Morgan fingerprint density at radius 2 is 1.94 bits per heavy atom. The molecule has 0 spiro atoms. The Bertz CT molecular complexity index is 1370. The van der Waals surface area contributed by atoms with E-state index in [0.29, 0.717) is 11.6 Å². The monoisotopic (exact) mass is 550 g/mol. The van der Waals surface area contributed by atoms with Gasteiger partial charge in [-0.3, -0.25) is 4.79 Å². The molecule has 0 radical (unpaired) electrons. The van der Waals surface area contributed by atoms with Crippen molar-refractivity contribution >= 4 is 66.3 Å². The predicted molar refractivity (Wildman–Crippen MR) is 151 cm³/mol. The number of fused-ring (bicyclic) bond motifs is 1. The smallest absolute Gasteiger partial charge is 0.247 e. The van der Waals surface area contributed by atoms with Crippen LogP contribution in [0.1, 0.15) is 0 Å². The Morgan fingerprint density at radius 1 is 1.14 bits per heavy atom. The molecule has 0 saturated heterocycles. The van der Waals surface area contributed by atoms with E-state index < -0.39 is 0 Å². The molecule has 7 nitrogen and oxygen atoms in total. The third kappa shape index (κ3) is 5.87. The normalized spacial score (nSPS) is 11.0. The van der Waals surface area contributed by atoms with Crippen LogP contribution in [0.15, 0.2) is 71.2 Å². The van der Waals surface area contributed by atoms with E-state index >= 15 is 0 Å². The predicted octanol–water partition coefficient (Wildman–Crippen LogP) is 5.99. The number of rotatable bonds is 9. The highest BCUT2D eigenvalue weighted by atomic mass is 79.9. The quantitative estimate of drug-likeness (QED) is 0.249. The van der Waals surface area contributed by atoms with Gasteiger partial charge in [-0.1, -0.05) is 24.8 Å². The molecule has 1 amide bonds. The van der Waals surface area contributed by atoms with Crippen LogP contribution in [-0.2, 0) is 4.79 Å². The maximum Gasteiger partial charge on any atom is 0.247 e. The number of hydrogen-bond acceptors (Lipinski definition) is 7. The van der Waals surface area contributed by atoms with E-state index in [4.69, 9.17) is 4.98 Å². The Hall–Kier alpha value is -3.27. The Labute approximate surface area is 217 Å². The van der Waals surface area contributed by atoms with Gasteiger partial charge < -0.3 is 20.4 Å². The maximum absolute atomic E-state index is 12.1. The summed E-state index contributed by atoms with van der Waals surface area (Å²) < 4.78 is 2.05. The van der Waals surface area contributed by atoms with Crippen LogP contribution in [0.3, 0.4) is 0 Å². The highest BCUT2D eigenvalue weighted by Gasteiger charge is 2.15. The van der Waals surface area contributed by atoms with Gasteiger partial charge in [0.1, 0.15) is 0 Å². The number of anilines is 4. The zero-order valence-corrected chi connectivity index (χ0v) is 22.3. The van der Waals surface area contributed by atoms with Gasteiger partial charge in [-0.05, 0) is 60.4 Å². The lowest BCUT2D eigenvalue weighted by Crippen LogP contribution is -2.29. The Balaban J connectivity index is 1.66. The second kappa shape index (κ2) is 11.0. The van der Waals surface area contributed by atoms with Gasteiger partial charge >= 0.3 is 0 Å². The first-order chi connectivity index (χ1) is 16.9. The van der Waals surface area contributed by atoms with Crippen molar-refractivity contribution in [3.63, 3.8) is 0 Å². The molecule has 9 heteroatoms. The number of carbonyl (C=O) groups excluding carboxylic acids is 1. The molecule has 2 heterocycles. The van der Waals surface area contributed by atoms with E-state index in [0.717, 1.165) is 40.2 Å². The highest BCUT2D eigenvalue weighted by Crippen LogP contribution is 2.37. The molecule has 0 fully saturated rings. The summed E-state index contributed by atoms with van der Waals surface area (Å²) in [4.78, 5) is 25.5. The molecule has 0 unspecified atom stereocenters. The Morgan fingerprint density at radius 3 is 2.71 bits per heavy atom. The summed E-state index contributed by atoms with van der Waals surface area (Å²) in [6.07, 6.45) is 3.01. The summed E-state index contributed by atoms with van der Waals surface area (Å²) in [6, 6.07) is 14.1. The van der Waals surface area contributed by atoms with Crippen molar-refractivity contribution in [3.8, 4) is 11.3 Å². The number of halogens is 1. The van der Waals surface area contributed by atoms with Gasteiger partial charge in [-0.15, -0.1) is 11.3 Å². The van der Waals surface area contributed by atoms with E-state index in [1.807, 2.05) is 51.5 Å². The molecule has 0 aliphatic heterocycles. The molecule has 0 aliphatic rings. The van der Waals surface area contributed by atoms with Gasteiger partial charge in [-0.2, -0.15) is 0 Å². The number of carbonyl (C=O) groups is 1. The number of nitrogens with one attached hydrogen (secondary N) is 2. The largest absolute Gasteiger partial charge is 0.372 e. The number of hydrogen-bond donors (Lipinski definition) is 2. The van der Waals surface area contributed by atoms with Gasteiger partial charge in [0.25, 0.3) is 0 Å². The van der Waals surface area contributed by atoms with Gasteiger partial charge in [0.2, 0.25) is 11.9 Å². The molecular formula is C26H27BrN6OS. The summed E-state index contributed by atoms with van der Waals surface area (Å²) in [5.74, 6) is 0.191. The van der Waals surface area contributed by atoms with E-state index in [2.05, 4.69) is 65.4 Å². The average Bonchev–Trinajstić information content (AvgIpc) is 3.28. The van der Waals surface area contributed by atoms with Crippen LogP contribution in [0.4, 0.5) is 23.0 Å². The van der Waals surface area contributed by atoms with Crippen molar-refractivity contribution in [1.29, 1.82) is 0 Å². The maximum atomic E-state index is 12.1. The first-order valence-corrected chi connectivity index (χ1v) is 12.7. The third-order valence-corrected chi connectivity index (χ3v) is 7.10. The third-order valence-electron chi connectivity index (χ3n) is 5.48. The van der Waals surface area contributed by atoms with Gasteiger partial charge in [0.15, 0.2) is 0 Å². The summed E-state index contributed by atoms with van der Waals surface area (Å²) in [7, 11) is 6.06. The van der Waals surface area contributed by atoms with Gasteiger partial charge in [0.05, 0.1) is 22.8 Å². The second-order valence-electron chi connectivity index (χ2n) is 8.30. The Kier molecular flexibility index (Phi) is 7.80. The summed E-state index contributed by atoms with van der Waals surface area (Å²) in [5, 5.41) is 9.51. The van der Waals surface area contributed by atoms with E-state index in [9.17, 15) is 4.79 Å². The lowest BCUT2D eigenvalue weighted by Gasteiger charge is -2.25. The number of aromatic nitrogens is 2. The molecule has 0 atom stereocenters. The van der Waals surface area contributed by atoms with E-state index in [-0.39, 0.29) is 5.91 Å². The minimum atomic E-state index is -0.275. The molecular weight excluding hydrogens is 524 g/mol. The number of nitrogens with zero attached hydrogens (tertiary/aromatic N) is 4. The van der Waals surface area contributed by atoms with Crippen LogP contribution in [0.25, 0.3) is 21.3 Å². The molecule has 0 aliphatic carbocycles. The van der Waals surface area contributed by atoms with Gasteiger partial charge in [-0.25, -0.2) is 9.97 Å². The molecule has 35 heavy (non-hydrogen) atoms. The van der Waals surface area contributed by atoms with Crippen LogP contribution in [-0.4, -0.2) is 55.0 Å². The van der Waals surface area contributed by atoms with Crippen molar-refractivity contribution in [1.82, 2.24) is 14.9 Å². The molecule has 180 valence electrons. The highest BCUT2D eigenvalue weighted by molar-refractivity contribution is 9.10. The van der Waals surface area contributed by atoms with Crippen molar-refractivity contribution < 1.29 is 4.79 Å². The van der Waals surface area contributed by atoms with E-state index in [1.54, 1.807) is 17.5 Å². The number of amides is 1. The standard InChI is InChI=1S/C26H27BrN6OS/c1-5-25(34)29-22-15-21(19(27)14-23(22)33(4)13-12-32(2)3)31-26-28-11-10-20(30-26)18-16-35-24-9-7-6-8-17(18)24/h5-11,14-16H,1,12-13H2,2-4H3,(H,29,34)(H,28,30,31). The zero-order chi connectivity index (χ0) is 24.9. The van der Waals surface area contributed by atoms with Crippen molar-refractivity contribution in [2.24, 2.45) is 0 Å². The van der Waals surface area contributed by atoms with Crippen molar-refractivity contribution in [2.75, 3.05) is 49.8 Å². The summed E-state index contributed by atoms with van der Waals surface area (Å²) in [6.45, 7) is 5.25. The molecule has 0 saturated carbocycles. The second-order valence-corrected chi connectivity index (χ2v) is 10.1. The number of likely N-dealkylation sites (N-methyl/N-ethyl adjacent to an activating group) is 2. The molecule has 2 aromatic carbocycles. The fourth-order valence-electron chi connectivity index (χ4n) is 3.59. The van der Waals surface area contributed by atoms with Crippen LogP contribution < -0.4 is 15.5 Å². The molecule has 2 N–H and O–H groups in total. The zero-order valence-electron chi connectivity index (χ0n) is 19.9. The van der Waals surface area contributed by atoms with Gasteiger partial charge in [0, 0.05) is 51.8 Å². The van der Waals surface area contributed by atoms with Crippen LogP contribution in [0, 0.1) is 0 Å². The minimum absolute atomic E-state index is 0.275. The van der Waals surface area contributed by atoms with E-state index in [1.165, 1.54) is 16.2 Å². The fraction of sp³-hybridized carbons (Fsp3) is 0.192. The molecule has 4 rings (SSSR count). The topological polar surface area (TPSA) is 73.4 Å². The minimum Gasteiger partial charge on any atom is -0.372 e. The van der Waals surface area contributed by atoms with Crippen LogP contribution >= 0.6 is 27.3 Å². The molecule has 0 bridgehead atoms. The van der Waals surface area contributed by atoms with Crippen LogP contribution in [0.2, 0.25) is 0 Å². The number of benzene rings is 2. The average molecular weight is 552 g/mol. The lowest BCUT2D eigenvalue weighted by atomic mass is 10.1. The first kappa shape index (κ1) is 24.8. The summed E-state index contributed by atoms with van der Waals surface area (Å²) >= 11 is 5.37. The van der Waals surface area contributed by atoms with Crippen molar-refractivity contribution in [3.05, 3.63) is 71.2 Å². The van der Waals surface area contributed by atoms with Crippen LogP contribution in [0.5, 0.6) is 0 Å². The SMILES string of the molecule is C=CC(=O)Nc1cc(Nc2nccc(-c3csc4ccccc34)n2)c(Br)cc1N(C)CCN(C)C. The molecule has 4 aromatic rings.